The predicted molar refractivity (Wildman–Crippen MR) is 74.0 cm³/mol. The Bertz CT molecular complexity index is 356. The molecule has 1 aromatic heterocycles. The Balaban J connectivity index is 2.23. The average Bonchev–Trinajstić information content (AvgIpc) is 2.35. The van der Waals surface area contributed by atoms with Crippen molar-refractivity contribution in [1.82, 2.24) is 4.98 Å². The molecule has 0 amide bonds. The number of hydrogen-bond acceptors (Lipinski definition) is 5. The van der Waals surface area contributed by atoms with E-state index in [0.717, 1.165) is 32.0 Å². The second-order valence-electron chi connectivity index (χ2n) is 4.54. The Morgan fingerprint density at radius 1 is 1.39 bits per heavy atom. The maximum Gasteiger partial charge on any atom is 0.238 e. The Labute approximate surface area is 109 Å². The van der Waals surface area contributed by atoms with Crippen LogP contribution in [0.5, 0.6) is 5.88 Å². The van der Waals surface area contributed by atoms with Crippen molar-refractivity contribution in [2.45, 2.75) is 20.3 Å². The zero-order valence-electron chi connectivity index (χ0n) is 11.4. The van der Waals surface area contributed by atoms with Crippen molar-refractivity contribution in [3.05, 3.63) is 12.1 Å². The summed E-state index contributed by atoms with van der Waals surface area (Å²) in [5, 5.41) is 3.21. The van der Waals surface area contributed by atoms with E-state index < -0.39 is 0 Å². The van der Waals surface area contributed by atoms with Crippen molar-refractivity contribution in [3.63, 3.8) is 0 Å². The fourth-order valence-corrected chi connectivity index (χ4v) is 1.42. The van der Waals surface area contributed by atoms with E-state index in [1.54, 1.807) is 13.2 Å². The van der Waals surface area contributed by atoms with E-state index in [1.807, 2.05) is 6.07 Å². The molecule has 5 heteroatoms. The molecule has 0 aliphatic heterocycles. The molecule has 0 aliphatic carbocycles. The van der Waals surface area contributed by atoms with Gasteiger partial charge in [-0.2, -0.15) is 4.98 Å². The number of nitrogens with two attached hydrogens (primary N) is 1. The molecule has 0 aromatic carbocycles. The third kappa shape index (κ3) is 5.23. The molecular formula is C13H23N3O2. The van der Waals surface area contributed by atoms with Gasteiger partial charge in [-0.3, -0.25) is 0 Å². The molecule has 0 saturated heterocycles. The third-order valence-corrected chi connectivity index (χ3v) is 2.31. The van der Waals surface area contributed by atoms with Crippen LogP contribution in [-0.4, -0.2) is 31.9 Å². The van der Waals surface area contributed by atoms with Crippen LogP contribution in [0.1, 0.15) is 20.3 Å². The number of rotatable bonds is 8. The van der Waals surface area contributed by atoms with Crippen molar-refractivity contribution >= 4 is 11.5 Å². The van der Waals surface area contributed by atoms with E-state index in [-0.39, 0.29) is 0 Å². The summed E-state index contributed by atoms with van der Waals surface area (Å²) in [6.07, 6.45) is 0.946. The zero-order valence-corrected chi connectivity index (χ0v) is 11.4. The minimum absolute atomic E-state index is 0.455. The molecule has 102 valence electrons. The summed E-state index contributed by atoms with van der Waals surface area (Å²) in [6.45, 7) is 6.68. The summed E-state index contributed by atoms with van der Waals surface area (Å²) in [6, 6.07) is 3.62. The molecule has 0 aliphatic rings. The van der Waals surface area contributed by atoms with Crippen LogP contribution in [0.15, 0.2) is 12.1 Å². The lowest BCUT2D eigenvalue weighted by atomic mass is 10.2. The summed E-state index contributed by atoms with van der Waals surface area (Å²) >= 11 is 0. The minimum Gasteiger partial charge on any atom is -0.479 e. The number of hydrogen-bond donors (Lipinski definition) is 2. The largest absolute Gasteiger partial charge is 0.479 e. The zero-order chi connectivity index (χ0) is 13.4. The van der Waals surface area contributed by atoms with Gasteiger partial charge >= 0.3 is 0 Å². The Morgan fingerprint density at radius 3 is 2.83 bits per heavy atom. The van der Waals surface area contributed by atoms with E-state index in [2.05, 4.69) is 24.1 Å². The van der Waals surface area contributed by atoms with Crippen LogP contribution in [0, 0.1) is 5.92 Å². The highest BCUT2D eigenvalue weighted by atomic mass is 16.5. The lowest BCUT2D eigenvalue weighted by Crippen LogP contribution is -2.09. The van der Waals surface area contributed by atoms with E-state index in [1.165, 1.54) is 0 Å². The number of nitrogens with one attached hydrogen (secondary N) is 1. The molecule has 0 fully saturated rings. The summed E-state index contributed by atoms with van der Waals surface area (Å²) in [5.74, 6) is 1.81. The van der Waals surface area contributed by atoms with Gasteiger partial charge < -0.3 is 20.5 Å². The molecule has 18 heavy (non-hydrogen) atoms. The van der Waals surface area contributed by atoms with Gasteiger partial charge in [0.25, 0.3) is 0 Å². The first-order valence-corrected chi connectivity index (χ1v) is 6.25. The van der Waals surface area contributed by atoms with Crippen molar-refractivity contribution in [2.24, 2.45) is 5.92 Å². The first-order valence-electron chi connectivity index (χ1n) is 6.25. The number of anilines is 2. The van der Waals surface area contributed by atoms with Gasteiger partial charge in [0, 0.05) is 19.8 Å². The second kappa shape index (κ2) is 7.76. The van der Waals surface area contributed by atoms with Crippen molar-refractivity contribution in [1.29, 1.82) is 0 Å². The molecule has 0 spiro atoms. The number of pyridine rings is 1. The molecule has 1 aromatic rings. The fourth-order valence-electron chi connectivity index (χ4n) is 1.42. The number of nitrogen functional groups attached to an aromatic ring is 1. The van der Waals surface area contributed by atoms with Crippen LogP contribution in [0.3, 0.4) is 0 Å². The normalized spacial score (nSPS) is 10.7. The Kier molecular flexibility index (Phi) is 6.28. The molecule has 0 atom stereocenters. The highest BCUT2D eigenvalue weighted by molar-refractivity contribution is 5.53. The summed E-state index contributed by atoms with van der Waals surface area (Å²) < 4.78 is 10.5. The monoisotopic (exact) mass is 253 g/mol. The second-order valence-corrected chi connectivity index (χ2v) is 4.54. The SMILES string of the molecule is COc1nc(NCCCOCC(C)C)ccc1N. The molecular weight excluding hydrogens is 230 g/mol. The Morgan fingerprint density at radius 2 is 2.17 bits per heavy atom. The van der Waals surface area contributed by atoms with Gasteiger partial charge in [0.15, 0.2) is 0 Å². The minimum atomic E-state index is 0.455. The van der Waals surface area contributed by atoms with Gasteiger partial charge in [-0.1, -0.05) is 13.8 Å². The molecule has 1 heterocycles. The smallest absolute Gasteiger partial charge is 0.238 e. The van der Waals surface area contributed by atoms with Gasteiger partial charge in [-0.15, -0.1) is 0 Å². The molecule has 0 bridgehead atoms. The average molecular weight is 253 g/mol. The van der Waals surface area contributed by atoms with Crippen LogP contribution in [0.2, 0.25) is 0 Å². The maximum absolute atomic E-state index is 5.69. The van der Waals surface area contributed by atoms with Crippen molar-refractivity contribution in [2.75, 3.05) is 37.9 Å². The standard InChI is InChI=1S/C13H23N3O2/c1-10(2)9-18-8-4-7-15-12-6-5-11(14)13(16-12)17-3/h5-6,10H,4,7-9,14H2,1-3H3,(H,15,16). The van der Waals surface area contributed by atoms with E-state index in [0.29, 0.717) is 17.5 Å². The Hall–Kier alpha value is -1.49. The summed E-state index contributed by atoms with van der Waals surface area (Å²) in [4.78, 5) is 4.24. The lowest BCUT2D eigenvalue weighted by Gasteiger charge is -2.09. The lowest BCUT2D eigenvalue weighted by molar-refractivity contribution is 0.110. The van der Waals surface area contributed by atoms with E-state index in [9.17, 15) is 0 Å². The van der Waals surface area contributed by atoms with Crippen LogP contribution in [0.4, 0.5) is 11.5 Å². The van der Waals surface area contributed by atoms with Gasteiger partial charge in [0.05, 0.1) is 12.8 Å². The molecule has 1 rings (SSSR count). The summed E-state index contributed by atoms with van der Waals surface area (Å²) in [7, 11) is 1.56. The number of nitrogens with zero attached hydrogens (tertiary/aromatic N) is 1. The third-order valence-electron chi connectivity index (χ3n) is 2.31. The topological polar surface area (TPSA) is 69.4 Å². The quantitative estimate of drug-likeness (QED) is 0.695. The highest BCUT2D eigenvalue weighted by Gasteiger charge is 2.02. The van der Waals surface area contributed by atoms with Crippen LogP contribution in [0.25, 0.3) is 0 Å². The van der Waals surface area contributed by atoms with Crippen LogP contribution >= 0.6 is 0 Å². The molecule has 0 unspecified atom stereocenters. The van der Waals surface area contributed by atoms with Crippen LogP contribution < -0.4 is 15.8 Å². The molecule has 0 saturated carbocycles. The van der Waals surface area contributed by atoms with Crippen molar-refractivity contribution < 1.29 is 9.47 Å². The highest BCUT2D eigenvalue weighted by Crippen LogP contribution is 2.19. The van der Waals surface area contributed by atoms with Gasteiger partial charge in [0.2, 0.25) is 5.88 Å². The number of methoxy groups -OCH3 is 1. The maximum atomic E-state index is 5.69. The van der Waals surface area contributed by atoms with Gasteiger partial charge in [-0.25, -0.2) is 0 Å². The number of aromatic nitrogens is 1. The van der Waals surface area contributed by atoms with Gasteiger partial charge in [-0.05, 0) is 24.5 Å². The summed E-state index contributed by atoms with van der Waals surface area (Å²) in [5.41, 5.74) is 6.23. The fraction of sp³-hybridized carbons (Fsp3) is 0.615. The van der Waals surface area contributed by atoms with Crippen molar-refractivity contribution in [3.8, 4) is 5.88 Å². The van der Waals surface area contributed by atoms with E-state index >= 15 is 0 Å². The first kappa shape index (κ1) is 14.6. The van der Waals surface area contributed by atoms with E-state index in [4.69, 9.17) is 15.2 Å². The first-order chi connectivity index (χ1) is 8.63. The molecule has 3 N–H and O–H groups in total. The molecule has 0 radical (unpaired) electrons. The van der Waals surface area contributed by atoms with Crippen LogP contribution in [-0.2, 0) is 4.74 Å². The number of ether oxygens (including phenoxy) is 2. The predicted octanol–water partition coefficient (Wildman–Crippen LogP) is 2.15. The molecule has 5 nitrogen and oxygen atoms in total. The van der Waals surface area contributed by atoms with Gasteiger partial charge in [0.1, 0.15) is 5.82 Å².